The molecule has 0 aliphatic heterocycles. The molecule has 0 bridgehead atoms. The van der Waals surface area contributed by atoms with Crippen molar-refractivity contribution in [3.63, 3.8) is 0 Å². The summed E-state index contributed by atoms with van der Waals surface area (Å²) in [5.74, 6) is -0.236. The van der Waals surface area contributed by atoms with Crippen molar-refractivity contribution in [1.29, 1.82) is 0 Å². The van der Waals surface area contributed by atoms with Gasteiger partial charge in [0.1, 0.15) is 6.61 Å². The second-order valence-corrected chi connectivity index (χ2v) is 1.97. The van der Waals surface area contributed by atoms with E-state index in [0.717, 1.165) is 6.42 Å². The van der Waals surface area contributed by atoms with Crippen molar-refractivity contribution in [1.82, 2.24) is 5.43 Å². The molecule has 64 valence electrons. The number of carbonyl (C=O) groups is 1. The van der Waals surface area contributed by atoms with Crippen LogP contribution in [0, 0.1) is 4.91 Å². The molecule has 0 saturated carbocycles. The van der Waals surface area contributed by atoms with Crippen LogP contribution >= 0.6 is 0 Å². The van der Waals surface area contributed by atoms with E-state index in [2.05, 4.69) is 15.4 Å². The molecule has 0 radical (unpaired) electrons. The molecule has 0 rings (SSSR count). The minimum atomic E-state index is -0.236. The van der Waals surface area contributed by atoms with Gasteiger partial charge in [-0.2, -0.15) is 0 Å². The van der Waals surface area contributed by atoms with Gasteiger partial charge in [-0.15, -0.1) is 4.91 Å². The van der Waals surface area contributed by atoms with Gasteiger partial charge in [0, 0.05) is 11.7 Å². The summed E-state index contributed by atoms with van der Waals surface area (Å²) in [6.45, 7) is 2.37. The van der Waals surface area contributed by atoms with Gasteiger partial charge in [0.2, 0.25) is 0 Å². The fourth-order valence-corrected chi connectivity index (χ4v) is 0.532. The summed E-state index contributed by atoms with van der Waals surface area (Å²) in [5.41, 5.74) is 2.14. The molecule has 5 nitrogen and oxygen atoms in total. The van der Waals surface area contributed by atoms with Gasteiger partial charge in [-0.3, -0.25) is 10.2 Å². The van der Waals surface area contributed by atoms with Gasteiger partial charge in [-0.25, -0.2) is 0 Å². The molecular weight excluding hydrogens is 148 g/mol. The van der Waals surface area contributed by atoms with E-state index >= 15 is 0 Å². The van der Waals surface area contributed by atoms with Crippen LogP contribution < -0.4 is 5.43 Å². The van der Waals surface area contributed by atoms with Gasteiger partial charge in [0.15, 0.2) is 0 Å². The summed E-state index contributed by atoms with van der Waals surface area (Å²) in [5, 5.41) is 2.39. The lowest BCUT2D eigenvalue weighted by Gasteiger charge is -2.01. The first-order chi connectivity index (χ1) is 5.31. The predicted octanol–water partition coefficient (Wildman–Crippen LogP) is 0.601. The standard InChI is InChI=1S/C6H12N2O3/c1-2-3-6(9)11-5-4-7-8-10/h2-5H2,1H3,(H,7,10). The second-order valence-electron chi connectivity index (χ2n) is 1.97. The topological polar surface area (TPSA) is 67.8 Å². The third kappa shape index (κ3) is 6.76. The Balaban J connectivity index is 3.10. The molecule has 0 spiro atoms. The number of ether oxygens (including phenoxy) is 1. The maximum atomic E-state index is 10.6. The van der Waals surface area contributed by atoms with Crippen molar-refractivity contribution in [3.05, 3.63) is 4.91 Å². The van der Waals surface area contributed by atoms with Gasteiger partial charge in [-0.05, 0) is 6.42 Å². The molecular formula is C6H12N2O3. The van der Waals surface area contributed by atoms with E-state index in [0.29, 0.717) is 6.42 Å². The number of nitroso groups, excluding NO2 is 1. The summed E-state index contributed by atoms with van der Waals surface area (Å²) >= 11 is 0. The molecule has 0 aromatic rings. The maximum absolute atomic E-state index is 10.6. The van der Waals surface area contributed by atoms with Crippen molar-refractivity contribution < 1.29 is 9.53 Å². The van der Waals surface area contributed by atoms with E-state index in [9.17, 15) is 9.70 Å². The van der Waals surface area contributed by atoms with Crippen LogP contribution in [0.4, 0.5) is 0 Å². The van der Waals surface area contributed by atoms with E-state index in [1.165, 1.54) is 0 Å². The molecule has 0 atom stereocenters. The first-order valence-electron chi connectivity index (χ1n) is 3.52. The Labute approximate surface area is 65.1 Å². The molecule has 1 N–H and O–H groups in total. The minimum Gasteiger partial charge on any atom is -0.464 e. The van der Waals surface area contributed by atoms with Crippen molar-refractivity contribution in [2.45, 2.75) is 19.8 Å². The van der Waals surface area contributed by atoms with Crippen molar-refractivity contribution in [3.8, 4) is 0 Å². The fraction of sp³-hybridized carbons (Fsp3) is 0.833. The van der Waals surface area contributed by atoms with E-state index in [1.54, 1.807) is 0 Å². The quantitative estimate of drug-likeness (QED) is 0.267. The van der Waals surface area contributed by atoms with Crippen molar-refractivity contribution in [2.75, 3.05) is 13.2 Å². The number of rotatable bonds is 6. The third-order valence-corrected chi connectivity index (χ3v) is 0.996. The lowest BCUT2D eigenvalue weighted by molar-refractivity contribution is -0.143. The normalized spacial score (nSPS) is 8.82. The number of hydrogen-bond donors (Lipinski definition) is 1. The lowest BCUT2D eigenvalue weighted by atomic mass is 10.3. The van der Waals surface area contributed by atoms with Crippen LogP contribution in [0.3, 0.4) is 0 Å². The highest BCUT2D eigenvalue weighted by atomic mass is 16.5. The molecule has 0 aromatic carbocycles. The number of nitrogens with one attached hydrogen (secondary N) is 1. The SMILES string of the molecule is CCCC(=O)OCCNN=O. The minimum absolute atomic E-state index is 0.199. The number of carbonyl (C=O) groups excluding carboxylic acids is 1. The highest BCUT2D eigenvalue weighted by Crippen LogP contribution is 1.89. The highest BCUT2D eigenvalue weighted by molar-refractivity contribution is 5.69. The Morgan fingerprint density at radius 1 is 1.64 bits per heavy atom. The van der Waals surface area contributed by atoms with E-state index in [4.69, 9.17) is 0 Å². The highest BCUT2D eigenvalue weighted by Gasteiger charge is 1.98. The largest absolute Gasteiger partial charge is 0.464 e. The van der Waals surface area contributed by atoms with Gasteiger partial charge in [-0.1, -0.05) is 6.92 Å². The van der Waals surface area contributed by atoms with Gasteiger partial charge < -0.3 is 4.74 Å². The van der Waals surface area contributed by atoms with E-state index in [1.807, 2.05) is 6.92 Å². The number of hydrogen-bond acceptors (Lipinski definition) is 4. The molecule has 0 saturated heterocycles. The summed E-state index contributed by atoms with van der Waals surface area (Å²) in [6, 6.07) is 0. The lowest BCUT2D eigenvalue weighted by Crippen LogP contribution is -2.16. The first kappa shape index (κ1) is 9.87. The molecule has 5 heteroatoms. The van der Waals surface area contributed by atoms with Crippen LogP contribution in [0.5, 0.6) is 0 Å². The predicted molar refractivity (Wildman–Crippen MR) is 39.7 cm³/mol. The number of esters is 1. The summed E-state index contributed by atoms with van der Waals surface area (Å²) in [4.78, 5) is 20.1. The average molecular weight is 160 g/mol. The van der Waals surface area contributed by atoms with Gasteiger partial charge in [0.25, 0.3) is 0 Å². The van der Waals surface area contributed by atoms with Gasteiger partial charge in [0.05, 0.1) is 6.54 Å². The smallest absolute Gasteiger partial charge is 0.305 e. The van der Waals surface area contributed by atoms with Crippen molar-refractivity contribution in [2.24, 2.45) is 5.29 Å². The van der Waals surface area contributed by atoms with Crippen LogP contribution in [-0.4, -0.2) is 19.1 Å². The second kappa shape index (κ2) is 6.98. The van der Waals surface area contributed by atoms with Gasteiger partial charge >= 0.3 is 5.97 Å². The van der Waals surface area contributed by atoms with Crippen molar-refractivity contribution >= 4 is 5.97 Å². The number of nitrogens with zero attached hydrogens (tertiary/aromatic N) is 1. The maximum Gasteiger partial charge on any atom is 0.305 e. The third-order valence-electron chi connectivity index (χ3n) is 0.996. The van der Waals surface area contributed by atoms with Crippen LogP contribution in [0.2, 0.25) is 0 Å². The monoisotopic (exact) mass is 160 g/mol. The average Bonchev–Trinajstić information content (AvgIpc) is 1.99. The van der Waals surface area contributed by atoms with Crippen LogP contribution in [-0.2, 0) is 9.53 Å². The zero-order valence-corrected chi connectivity index (χ0v) is 6.50. The first-order valence-corrected chi connectivity index (χ1v) is 3.52. The summed E-state index contributed by atoms with van der Waals surface area (Å²) < 4.78 is 4.68. The zero-order valence-electron chi connectivity index (χ0n) is 6.50. The zero-order chi connectivity index (χ0) is 8.53. The molecule has 11 heavy (non-hydrogen) atoms. The Kier molecular flexibility index (Phi) is 6.27. The van der Waals surface area contributed by atoms with Crippen LogP contribution in [0.15, 0.2) is 5.29 Å². The summed E-state index contributed by atoms with van der Waals surface area (Å²) in [6.07, 6.45) is 1.20. The molecule has 0 aliphatic rings. The Bertz CT molecular complexity index is 127. The molecule has 0 fully saturated rings. The molecule has 0 amide bonds. The Morgan fingerprint density at radius 2 is 2.36 bits per heavy atom. The van der Waals surface area contributed by atoms with Crippen LogP contribution in [0.1, 0.15) is 19.8 Å². The molecule has 0 aromatic heterocycles. The van der Waals surface area contributed by atoms with Crippen LogP contribution in [0.25, 0.3) is 0 Å². The Hall–Kier alpha value is -1.13. The van der Waals surface area contributed by atoms with E-state index < -0.39 is 0 Å². The summed E-state index contributed by atoms with van der Waals surface area (Å²) in [7, 11) is 0. The molecule has 0 unspecified atom stereocenters. The molecule has 0 heterocycles. The fourth-order valence-electron chi connectivity index (χ4n) is 0.532. The van der Waals surface area contributed by atoms with E-state index in [-0.39, 0.29) is 19.1 Å². The molecule has 0 aliphatic carbocycles. The Morgan fingerprint density at radius 3 is 2.91 bits per heavy atom.